The smallest absolute Gasteiger partial charge is 0.162 e. The number of hydrogen-bond donors (Lipinski definition) is 1. The van der Waals surface area contributed by atoms with Crippen LogP contribution in [-0.4, -0.2) is 29.7 Å². The van der Waals surface area contributed by atoms with E-state index in [1.807, 2.05) is 24.3 Å². The predicted molar refractivity (Wildman–Crippen MR) is 101 cm³/mol. The van der Waals surface area contributed by atoms with Crippen molar-refractivity contribution in [3.8, 4) is 17.2 Å². The third kappa shape index (κ3) is 3.72. The molecule has 3 aromatic rings. The van der Waals surface area contributed by atoms with Gasteiger partial charge in [0.1, 0.15) is 12.4 Å². The van der Waals surface area contributed by atoms with Gasteiger partial charge in [0, 0.05) is 28.8 Å². The average Bonchev–Trinajstić information content (AvgIpc) is 2.64. The topological polar surface area (TPSA) is 81.5 Å². The first-order valence-electron chi connectivity index (χ1n) is 7.88. The summed E-state index contributed by atoms with van der Waals surface area (Å²) in [6, 6.07) is 12.5. The maximum absolute atomic E-state index is 11.7. The van der Waals surface area contributed by atoms with Gasteiger partial charge < -0.3 is 14.2 Å². The molecule has 1 N–H and O–H groups in total. The van der Waals surface area contributed by atoms with Crippen LogP contribution in [0.1, 0.15) is 5.56 Å². The fourth-order valence-electron chi connectivity index (χ4n) is 2.58. The predicted octanol–water partition coefficient (Wildman–Crippen LogP) is 3.87. The van der Waals surface area contributed by atoms with E-state index in [4.69, 9.17) is 19.0 Å². The molecule has 2 aromatic carbocycles. The van der Waals surface area contributed by atoms with Gasteiger partial charge in [0.25, 0.3) is 0 Å². The maximum atomic E-state index is 11.7. The van der Waals surface area contributed by atoms with E-state index < -0.39 is 9.73 Å². The van der Waals surface area contributed by atoms with E-state index in [2.05, 4.69) is 4.98 Å². The summed E-state index contributed by atoms with van der Waals surface area (Å²) >= 11 is 0. The van der Waals surface area contributed by atoms with Crippen LogP contribution in [0.25, 0.3) is 10.9 Å². The van der Waals surface area contributed by atoms with Gasteiger partial charge in [-0.25, -0.2) is 8.99 Å². The molecule has 1 heterocycles. The summed E-state index contributed by atoms with van der Waals surface area (Å²) in [4.78, 5) is 4.86. The Bertz CT molecular complexity index is 1030. The second-order valence-electron chi connectivity index (χ2n) is 5.81. The molecule has 3 rings (SSSR count). The molecule has 0 saturated carbocycles. The zero-order chi connectivity index (χ0) is 18.7. The number of nitrogens with zero attached hydrogens (tertiary/aromatic N) is 1. The number of aromatic nitrogens is 1. The van der Waals surface area contributed by atoms with Crippen molar-refractivity contribution >= 4 is 20.6 Å². The van der Waals surface area contributed by atoms with Crippen LogP contribution in [-0.2, 0) is 16.3 Å². The minimum Gasteiger partial charge on any atom is -0.493 e. The highest BCUT2D eigenvalue weighted by molar-refractivity contribution is 7.91. The number of pyridine rings is 1. The zero-order valence-corrected chi connectivity index (χ0v) is 15.6. The first-order valence-corrected chi connectivity index (χ1v) is 9.85. The summed E-state index contributed by atoms with van der Waals surface area (Å²) in [5.41, 5.74) is 1.67. The highest BCUT2D eigenvalue weighted by atomic mass is 32.2. The van der Waals surface area contributed by atoms with E-state index in [0.29, 0.717) is 28.8 Å². The third-order valence-electron chi connectivity index (χ3n) is 3.97. The molecule has 0 aliphatic carbocycles. The summed E-state index contributed by atoms with van der Waals surface area (Å²) in [7, 11) is 0.461. The van der Waals surface area contributed by atoms with Crippen LogP contribution in [0.15, 0.2) is 53.6 Å². The number of fused-ring (bicyclic) bond motifs is 1. The molecule has 0 fully saturated rings. The van der Waals surface area contributed by atoms with Crippen LogP contribution >= 0.6 is 0 Å². The fraction of sp³-hybridized carbons (Fsp3) is 0.211. The molecule has 0 saturated heterocycles. The number of hydrogen-bond acceptors (Lipinski definition) is 6. The van der Waals surface area contributed by atoms with E-state index >= 15 is 0 Å². The SMILES string of the molecule is COc1cc2nccc(OCc3ccc(S(C)(=N)=O)cc3)c2cc1OC. The Labute approximate surface area is 152 Å². The zero-order valence-electron chi connectivity index (χ0n) is 14.8. The fourth-order valence-corrected chi connectivity index (χ4v) is 3.24. The second-order valence-corrected chi connectivity index (χ2v) is 7.97. The molecule has 1 atom stereocenters. The summed E-state index contributed by atoms with van der Waals surface area (Å²) < 4.78 is 36.0. The van der Waals surface area contributed by atoms with Crippen LogP contribution < -0.4 is 14.2 Å². The number of benzene rings is 2. The molecular formula is C19H20N2O4S. The maximum Gasteiger partial charge on any atom is 0.162 e. The van der Waals surface area contributed by atoms with Gasteiger partial charge in [0.15, 0.2) is 11.5 Å². The number of methoxy groups -OCH3 is 2. The van der Waals surface area contributed by atoms with Crippen molar-refractivity contribution < 1.29 is 18.4 Å². The molecule has 0 radical (unpaired) electrons. The standard InChI is InChI=1S/C19H20N2O4S/c1-23-18-10-15-16(11-19(18)24-2)21-9-8-17(15)25-12-13-4-6-14(7-5-13)26(3,20)22/h4-11,20H,12H2,1-3H3. The lowest BCUT2D eigenvalue weighted by molar-refractivity contribution is 0.309. The highest BCUT2D eigenvalue weighted by Crippen LogP contribution is 2.35. The van der Waals surface area contributed by atoms with Crippen LogP contribution in [0.5, 0.6) is 17.2 Å². The Balaban J connectivity index is 1.87. The highest BCUT2D eigenvalue weighted by Gasteiger charge is 2.11. The molecule has 26 heavy (non-hydrogen) atoms. The number of ether oxygens (including phenoxy) is 3. The van der Waals surface area contributed by atoms with Crippen molar-refractivity contribution in [3.05, 3.63) is 54.2 Å². The summed E-state index contributed by atoms with van der Waals surface area (Å²) in [6.45, 7) is 0.344. The molecule has 6 nitrogen and oxygen atoms in total. The van der Waals surface area contributed by atoms with Crippen LogP contribution in [0.2, 0.25) is 0 Å². The Morgan fingerprint density at radius 1 is 1.00 bits per heavy atom. The van der Waals surface area contributed by atoms with Gasteiger partial charge in [-0.05, 0) is 29.8 Å². The van der Waals surface area contributed by atoms with Gasteiger partial charge in [0.05, 0.1) is 29.5 Å². The first kappa shape index (κ1) is 18.0. The van der Waals surface area contributed by atoms with Crippen molar-refractivity contribution in [2.45, 2.75) is 11.5 Å². The molecule has 1 aromatic heterocycles. The minimum atomic E-state index is -2.70. The van der Waals surface area contributed by atoms with Crippen molar-refractivity contribution in [2.75, 3.05) is 20.5 Å². The minimum absolute atomic E-state index is 0.344. The quantitative estimate of drug-likeness (QED) is 0.710. The van der Waals surface area contributed by atoms with Gasteiger partial charge >= 0.3 is 0 Å². The lowest BCUT2D eigenvalue weighted by Gasteiger charge is -2.12. The lowest BCUT2D eigenvalue weighted by Crippen LogP contribution is -1.99. The van der Waals surface area contributed by atoms with E-state index in [0.717, 1.165) is 16.5 Å². The molecule has 0 aliphatic heterocycles. The summed E-state index contributed by atoms with van der Waals surface area (Å²) in [5, 5.41) is 0.824. The molecule has 1 unspecified atom stereocenters. The van der Waals surface area contributed by atoms with Crippen molar-refractivity contribution in [1.82, 2.24) is 4.98 Å². The molecule has 0 spiro atoms. The molecule has 0 amide bonds. The number of nitrogens with one attached hydrogen (secondary N) is 1. The van der Waals surface area contributed by atoms with Crippen LogP contribution in [0.4, 0.5) is 0 Å². The molecular weight excluding hydrogens is 352 g/mol. The lowest BCUT2D eigenvalue weighted by atomic mass is 10.1. The Morgan fingerprint density at radius 3 is 2.27 bits per heavy atom. The largest absolute Gasteiger partial charge is 0.493 e. The monoisotopic (exact) mass is 372 g/mol. The Hall–Kier alpha value is -2.80. The number of rotatable bonds is 6. The summed E-state index contributed by atoms with van der Waals surface area (Å²) in [5.74, 6) is 1.90. The summed E-state index contributed by atoms with van der Waals surface area (Å²) in [6.07, 6.45) is 3.09. The normalized spacial score (nSPS) is 13.2. The van der Waals surface area contributed by atoms with Crippen LogP contribution in [0.3, 0.4) is 0 Å². The molecule has 7 heteroatoms. The van der Waals surface area contributed by atoms with Gasteiger partial charge in [0.2, 0.25) is 0 Å². The van der Waals surface area contributed by atoms with Gasteiger partial charge in [-0.1, -0.05) is 12.1 Å². The third-order valence-corrected chi connectivity index (χ3v) is 5.15. The Morgan fingerprint density at radius 2 is 1.65 bits per heavy atom. The van der Waals surface area contributed by atoms with E-state index in [1.165, 1.54) is 6.26 Å². The molecule has 136 valence electrons. The van der Waals surface area contributed by atoms with Gasteiger partial charge in [-0.15, -0.1) is 0 Å². The first-order chi connectivity index (χ1) is 12.4. The van der Waals surface area contributed by atoms with Gasteiger partial charge in [-0.2, -0.15) is 0 Å². The van der Waals surface area contributed by atoms with Crippen LogP contribution in [0, 0.1) is 4.78 Å². The van der Waals surface area contributed by atoms with E-state index in [9.17, 15) is 4.21 Å². The van der Waals surface area contributed by atoms with E-state index in [1.54, 1.807) is 38.6 Å². The van der Waals surface area contributed by atoms with Crippen molar-refractivity contribution in [1.29, 1.82) is 4.78 Å². The molecule has 0 aliphatic rings. The second kappa shape index (κ2) is 7.21. The van der Waals surface area contributed by atoms with Crippen molar-refractivity contribution in [3.63, 3.8) is 0 Å². The average molecular weight is 372 g/mol. The van der Waals surface area contributed by atoms with Crippen molar-refractivity contribution in [2.24, 2.45) is 0 Å². The molecule has 0 bridgehead atoms. The van der Waals surface area contributed by atoms with E-state index in [-0.39, 0.29) is 0 Å². The Kier molecular flexibility index (Phi) is 4.99. The van der Waals surface area contributed by atoms with Gasteiger partial charge in [-0.3, -0.25) is 4.98 Å².